The van der Waals surface area contributed by atoms with E-state index in [9.17, 15) is 21.6 Å². The molecule has 0 radical (unpaired) electrons. The van der Waals surface area contributed by atoms with Crippen LogP contribution in [0.25, 0.3) is 10.2 Å². The molecule has 1 saturated heterocycles. The first-order valence-electron chi connectivity index (χ1n) is 6.69. The Labute approximate surface area is 134 Å². The largest absolute Gasteiger partial charge is 0.451 e. The lowest BCUT2D eigenvalue weighted by molar-refractivity contribution is -0.144. The smallest absolute Gasteiger partial charge is 0.353 e. The third kappa shape index (κ3) is 3.26. The highest BCUT2D eigenvalue weighted by Crippen LogP contribution is 2.34. The number of hydrogen-bond donors (Lipinski definition) is 0. The Hall–Kier alpha value is -1.46. The normalized spacial score (nSPS) is 17.8. The van der Waals surface area contributed by atoms with Crippen molar-refractivity contribution in [3.63, 3.8) is 0 Å². The summed E-state index contributed by atoms with van der Waals surface area (Å²) in [5, 5.41) is 1.66. The lowest BCUT2D eigenvalue weighted by Gasteiger charge is -2.34. The zero-order chi connectivity index (χ0) is 16.8. The van der Waals surface area contributed by atoms with Gasteiger partial charge in [0, 0.05) is 26.2 Å². The summed E-state index contributed by atoms with van der Waals surface area (Å²) >= 11 is 1.27. The summed E-state index contributed by atoms with van der Waals surface area (Å²) in [7, 11) is -3.30. The van der Waals surface area contributed by atoms with E-state index in [1.54, 1.807) is 10.3 Å². The van der Waals surface area contributed by atoms with Crippen LogP contribution in [0.2, 0.25) is 0 Å². The minimum atomic E-state index is -4.63. The molecule has 0 atom stereocenters. The standard InChI is InChI=1S/C12H13F3N4O2S2/c1-23(20,21)19-5-3-18(4-6-19)10-9-8(2-7-22-9)16-11(17-10)12(13,14)15/h2,7H,3-6H2,1H3. The first-order chi connectivity index (χ1) is 10.7. The Bertz CT molecular complexity index is 826. The van der Waals surface area contributed by atoms with Crippen LogP contribution in [0.4, 0.5) is 19.0 Å². The Morgan fingerprint density at radius 1 is 1.17 bits per heavy atom. The maximum Gasteiger partial charge on any atom is 0.451 e. The predicted octanol–water partition coefficient (Wildman–Crippen LogP) is 1.79. The fraction of sp³-hybridized carbons (Fsp3) is 0.500. The third-order valence-corrected chi connectivity index (χ3v) is 5.75. The Balaban J connectivity index is 1.95. The average molecular weight is 366 g/mol. The molecule has 0 unspecified atom stereocenters. The van der Waals surface area contributed by atoms with E-state index in [0.717, 1.165) is 6.26 Å². The van der Waals surface area contributed by atoms with E-state index in [4.69, 9.17) is 0 Å². The maximum absolute atomic E-state index is 13.0. The van der Waals surface area contributed by atoms with Gasteiger partial charge in [0.1, 0.15) is 0 Å². The quantitative estimate of drug-likeness (QED) is 0.811. The summed E-state index contributed by atoms with van der Waals surface area (Å²) < 4.78 is 63.8. The zero-order valence-corrected chi connectivity index (χ0v) is 13.7. The molecule has 3 heterocycles. The van der Waals surface area contributed by atoms with E-state index >= 15 is 0 Å². The first-order valence-corrected chi connectivity index (χ1v) is 9.41. The second-order valence-corrected chi connectivity index (χ2v) is 8.05. The van der Waals surface area contributed by atoms with E-state index in [1.165, 1.54) is 21.7 Å². The molecule has 1 fully saturated rings. The number of aromatic nitrogens is 2. The Morgan fingerprint density at radius 2 is 1.83 bits per heavy atom. The summed E-state index contributed by atoms with van der Waals surface area (Å²) in [5.74, 6) is -0.964. The molecule has 23 heavy (non-hydrogen) atoms. The lowest BCUT2D eigenvalue weighted by Crippen LogP contribution is -2.48. The molecule has 3 rings (SSSR count). The molecular formula is C12H13F3N4O2S2. The highest BCUT2D eigenvalue weighted by atomic mass is 32.2. The molecule has 0 bridgehead atoms. The van der Waals surface area contributed by atoms with Gasteiger partial charge in [0.2, 0.25) is 15.8 Å². The van der Waals surface area contributed by atoms with Gasteiger partial charge in [-0.15, -0.1) is 11.3 Å². The third-order valence-electron chi connectivity index (χ3n) is 3.55. The molecule has 0 amide bonds. The van der Waals surface area contributed by atoms with Crippen LogP contribution < -0.4 is 4.90 Å². The number of piperazine rings is 1. The zero-order valence-electron chi connectivity index (χ0n) is 12.0. The van der Waals surface area contributed by atoms with Crippen molar-refractivity contribution in [1.29, 1.82) is 0 Å². The molecule has 0 saturated carbocycles. The number of rotatable bonds is 2. The summed E-state index contributed by atoms with van der Waals surface area (Å²) in [6, 6.07) is 1.52. The Kier molecular flexibility index (Phi) is 3.97. The van der Waals surface area contributed by atoms with Gasteiger partial charge in [0.25, 0.3) is 0 Å². The second-order valence-electron chi connectivity index (χ2n) is 5.15. The molecule has 2 aromatic rings. The van der Waals surface area contributed by atoms with Crippen molar-refractivity contribution in [3.05, 3.63) is 17.3 Å². The summed E-state index contributed by atoms with van der Waals surface area (Å²) in [6.07, 6.45) is -3.51. The molecule has 1 aliphatic rings. The fourth-order valence-corrected chi connectivity index (χ4v) is 4.09. The number of thiophene rings is 1. The Morgan fingerprint density at radius 3 is 2.39 bits per heavy atom. The molecule has 6 nitrogen and oxygen atoms in total. The molecule has 1 aliphatic heterocycles. The number of sulfonamides is 1. The minimum absolute atomic E-state index is 0.213. The minimum Gasteiger partial charge on any atom is -0.353 e. The highest BCUT2D eigenvalue weighted by Gasteiger charge is 2.36. The van der Waals surface area contributed by atoms with Crippen LogP contribution in [-0.2, 0) is 16.2 Å². The second kappa shape index (κ2) is 5.56. The van der Waals surface area contributed by atoms with Gasteiger partial charge in [-0.1, -0.05) is 0 Å². The number of hydrogen-bond acceptors (Lipinski definition) is 6. The van der Waals surface area contributed by atoms with Crippen molar-refractivity contribution in [2.24, 2.45) is 0 Å². The van der Waals surface area contributed by atoms with E-state index in [2.05, 4.69) is 9.97 Å². The molecular weight excluding hydrogens is 353 g/mol. The van der Waals surface area contributed by atoms with Crippen molar-refractivity contribution < 1.29 is 21.6 Å². The molecule has 0 N–H and O–H groups in total. The van der Waals surface area contributed by atoms with Crippen LogP contribution >= 0.6 is 11.3 Å². The molecule has 0 aromatic carbocycles. The monoisotopic (exact) mass is 366 g/mol. The van der Waals surface area contributed by atoms with E-state index in [0.29, 0.717) is 4.70 Å². The summed E-state index contributed by atoms with van der Waals surface area (Å²) in [6.45, 7) is 1.01. The van der Waals surface area contributed by atoms with Crippen molar-refractivity contribution in [1.82, 2.24) is 14.3 Å². The van der Waals surface area contributed by atoms with Gasteiger partial charge >= 0.3 is 6.18 Å². The topological polar surface area (TPSA) is 66.4 Å². The summed E-state index contributed by atoms with van der Waals surface area (Å²) in [4.78, 5) is 8.92. The SMILES string of the molecule is CS(=O)(=O)N1CCN(c2nc(C(F)(F)F)nc3ccsc23)CC1. The molecule has 2 aromatic heterocycles. The first kappa shape index (κ1) is 16.4. The van der Waals surface area contributed by atoms with Crippen LogP contribution in [0.15, 0.2) is 11.4 Å². The fourth-order valence-electron chi connectivity index (χ4n) is 2.42. The molecule has 0 spiro atoms. The highest BCUT2D eigenvalue weighted by molar-refractivity contribution is 7.88. The number of fused-ring (bicyclic) bond motifs is 1. The van der Waals surface area contributed by atoms with Gasteiger partial charge in [-0.3, -0.25) is 0 Å². The number of halogens is 3. The average Bonchev–Trinajstić information content (AvgIpc) is 2.93. The van der Waals surface area contributed by atoms with Gasteiger partial charge in [-0.25, -0.2) is 18.4 Å². The van der Waals surface area contributed by atoms with E-state index in [-0.39, 0.29) is 37.5 Å². The number of nitrogens with zero attached hydrogens (tertiary/aromatic N) is 4. The van der Waals surface area contributed by atoms with Crippen molar-refractivity contribution in [2.75, 3.05) is 37.3 Å². The van der Waals surface area contributed by atoms with Crippen LogP contribution in [-0.4, -0.2) is 55.1 Å². The van der Waals surface area contributed by atoms with Gasteiger partial charge in [0.15, 0.2) is 5.82 Å². The van der Waals surface area contributed by atoms with Gasteiger partial charge < -0.3 is 4.90 Å². The van der Waals surface area contributed by atoms with Crippen molar-refractivity contribution in [3.8, 4) is 0 Å². The van der Waals surface area contributed by atoms with Crippen LogP contribution in [0.1, 0.15) is 5.82 Å². The molecule has 11 heteroatoms. The van der Waals surface area contributed by atoms with Crippen molar-refractivity contribution in [2.45, 2.75) is 6.18 Å². The predicted molar refractivity (Wildman–Crippen MR) is 81.0 cm³/mol. The van der Waals surface area contributed by atoms with Gasteiger partial charge in [0.05, 0.1) is 16.5 Å². The molecule has 126 valence electrons. The van der Waals surface area contributed by atoms with Crippen LogP contribution in [0.3, 0.4) is 0 Å². The van der Waals surface area contributed by atoms with Gasteiger partial charge in [-0.05, 0) is 11.4 Å². The van der Waals surface area contributed by atoms with E-state index < -0.39 is 22.0 Å². The van der Waals surface area contributed by atoms with Gasteiger partial charge in [-0.2, -0.15) is 17.5 Å². The number of anilines is 1. The van der Waals surface area contributed by atoms with Crippen LogP contribution in [0.5, 0.6) is 0 Å². The number of alkyl halides is 3. The summed E-state index contributed by atoms with van der Waals surface area (Å²) in [5.41, 5.74) is 0.248. The maximum atomic E-state index is 13.0. The molecule has 0 aliphatic carbocycles. The van der Waals surface area contributed by atoms with Crippen molar-refractivity contribution >= 4 is 37.4 Å². The van der Waals surface area contributed by atoms with E-state index in [1.807, 2.05) is 0 Å². The lowest BCUT2D eigenvalue weighted by atomic mass is 10.3. The van der Waals surface area contributed by atoms with Crippen LogP contribution in [0, 0.1) is 0 Å².